The molecule has 166 valence electrons. The predicted molar refractivity (Wildman–Crippen MR) is 97.2 cm³/mol. The van der Waals surface area contributed by atoms with E-state index in [2.05, 4.69) is 19.5 Å². The molecule has 2 aromatic rings. The van der Waals surface area contributed by atoms with Crippen molar-refractivity contribution in [3.05, 3.63) is 12.7 Å². The molecule has 0 aliphatic carbocycles. The smallest absolute Gasteiger partial charge is 0.455 e. The Labute approximate surface area is 168 Å². The normalized spacial score (nSPS) is 26.6. The first kappa shape index (κ1) is 22.5. The molecule has 15 nitrogen and oxygen atoms in total. The van der Waals surface area contributed by atoms with Crippen molar-refractivity contribution in [2.45, 2.75) is 43.6 Å². The number of anilines is 1. The second-order valence-corrected chi connectivity index (χ2v) is 7.83. The summed E-state index contributed by atoms with van der Waals surface area (Å²) in [6.45, 7) is 0.551. The van der Waals surface area contributed by atoms with Crippen molar-refractivity contribution in [1.29, 1.82) is 0 Å². The predicted octanol–water partition coefficient (Wildman–Crippen LogP) is -2.60. The number of nitrogens with zero attached hydrogens (tertiary/aromatic N) is 4. The van der Waals surface area contributed by atoms with Crippen molar-refractivity contribution in [2.75, 3.05) is 12.3 Å². The molecule has 1 saturated heterocycles. The summed E-state index contributed by atoms with van der Waals surface area (Å²) in [6.07, 6.45) is -4.30. The van der Waals surface area contributed by atoms with Gasteiger partial charge in [0.25, 0.3) is 0 Å². The van der Waals surface area contributed by atoms with E-state index in [4.69, 9.17) is 30.7 Å². The molecule has 16 heteroatoms. The van der Waals surface area contributed by atoms with Gasteiger partial charge in [-0.3, -0.25) is 13.9 Å². The number of aliphatic hydroxyl groups is 2. The molecule has 1 aliphatic rings. The SMILES string of the molecule is C[C@@H](O)[C@H](N)C(=O)O[C@H]1[C@@H](O)[C@H](n2cnc3c(N)ncnc32)O[C@@H]1COP(=O)(O)O. The molecule has 0 radical (unpaired) electrons. The van der Waals surface area contributed by atoms with Crippen molar-refractivity contribution >= 4 is 30.8 Å². The van der Waals surface area contributed by atoms with Gasteiger partial charge in [0.05, 0.1) is 19.0 Å². The van der Waals surface area contributed by atoms with Crippen molar-refractivity contribution in [1.82, 2.24) is 19.5 Å². The van der Waals surface area contributed by atoms with Crippen LogP contribution in [0.2, 0.25) is 0 Å². The maximum Gasteiger partial charge on any atom is 0.469 e. The van der Waals surface area contributed by atoms with Gasteiger partial charge >= 0.3 is 13.8 Å². The monoisotopic (exact) mass is 448 g/mol. The number of aliphatic hydroxyl groups excluding tert-OH is 2. The zero-order chi connectivity index (χ0) is 22.2. The summed E-state index contributed by atoms with van der Waals surface area (Å²) >= 11 is 0. The number of carbonyl (C=O) groups excluding carboxylic acids is 1. The van der Waals surface area contributed by atoms with Gasteiger partial charge in [-0.25, -0.2) is 19.5 Å². The molecule has 0 saturated carbocycles. The molecule has 0 amide bonds. The minimum absolute atomic E-state index is 0.0819. The van der Waals surface area contributed by atoms with Crippen molar-refractivity contribution in [3.63, 3.8) is 0 Å². The molecule has 1 fully saturated rings. The summed E-state index contributed by atoms with van der Waals surface area (Å²) in [4.78, 5) is 42.0. The van der Waals surface area contributed by atoms with Gasteiger partial charge in [0.1, 0.15) is 30.1 Å². The van der Waals surface area contributed by atoms with E-state index in [0.717, 1.165) is 0 Å². The molecule has 30 heavy (non-hydrogen) atoms. The van der Waals surface area contributed by atoms with Crippen LogP contribution in [-0.4, -0.2) is 82.6 Å². The highest BCUT2D eigenvalue weighted by Crippen LogP contribution is 2.39. The Morgan fingerprint density at radius 3 is 2.73 bits per heavy atom. The van der Waals surface area contributed by atoms with E-state index in [1.54, 1.807) is 0 Å². The van der Waals surface area contributed by atoms with Crippen LogP contribution in [0.25, 0.3) is 11.2 Å². The molecule has 6 atom stereocenters. The van der Waals surface area contributed by atoms with Gasteiger partial charge in [0.15, 0.2) is 23.8 Å². The first-order valence-corrected chi connectivity index (χ1v) is 10.1. The Bertz CT molecular complexity index is 965. The number of carbonyl (C=O) groups is 1. The molecule has 3 heterocycles. The molecule has 0 unspecified atom stereocenters. The van der Waals surface area contributed by atoms with E-state index < -0.39 is 57.1 Å². The standard InChI is InChI=1S/C14H21N6O9P/c1-5(21)7(15)14(23)29-10-6(2-27-30(24,25)26)28-13(9(10)22)20-4-19-8-11(16)17-3-18-12(8)20/h3-7,9-10,13,21-22H,2,15H2,1H3,(H2,16,17,18)(H2,24,25,26)/t5-,6-,7+,9-,10-,13-/m1/s1. The third-order valence-electron chi connectivity index (χ3n) is 4.42. The van der Waals surface area contributed by atoms with Crippen molar-refractivity contribution in [2.24, 2.45) is 5.73 Å². The Hall–Kier alpha value is -2.23. The number of aromatic nitrogens is 4. The minimum atomic E-state index is -4.88. The molecule has 8 N–H and O–H groups in total. The van der Waals surface area contributed by atoms with E-state index in [0.29, 0.717) is 0 Å². The third kappa shape index (κ3) is 4.58. The molecule has 1 aliphatic heterocycles. The van der Waals surface area contributed by atoms with Crippen LogP contribution in [-0.2, 0) is 23.4 Å². The highest BCUT2D eigenvalue weighted by molar-refractivity contribution is 7.46. The lowest BCUT2D eigenvalue weighted by atomic mass is 10.1. The fraction of sp³-hybridized carbons (Fsp3) is 0.571. The number of esters is 1. The number of ether oxygens (including phenoxy) is 2. The summed E-state index contributed by atoms with van der Waals surface area (Å²) in [5.74, 6) is -0.972. The zero-order valence-corrected chi connectivity index (χ0v) is 16.4. The number of hydrogen-bond acceptors (Lipinski definition) is 12. The minimum Gasteiger partial charge on any atom is -0.455 e. The molecule has 0 aromatic carbocycles. The van der Waals surface area contributed by atoms with Crippen LogP contribution in [0.3, 0.4) is 0 Å². The maximum atomic E-state index is 12.2. The Morgan fingerprint density at radius 2 is 2.10 bits per heavy atom. The van der Waals surface area contributed by atoms with E-state index >= 15 is 0 Å². The molecular formula is C14H21N6O9P. The highest BCUT2D eigenvalue weighted by atomic mass is 31.2. The van der Waals surface area contributed by atoms with E-state index in [1.165, 1.54) is 24.1 Å². The molecular weight excluding hydrogens is 427 g/mol. The third-order valence-corrected chi connectivity index (χ3v) is 4.91. The fourth-order valence-electron chi connectivity index (χ4n) is 2.87. The average molecular weight is 448 g/mol. The lowest BCUT2D eigenvalue weighted by Crippen LogP contribution is -2.46. The lowest BCUT2D eigenvalue weighted by molar-refractivity contribution is -0.160. The van der Waals surface area contributed by atoms with Gasteiger partial charge in [-0.15, -0.1) is 0 Å². The average Bonchev–Trinajstić information content (AvgIpc) is 3.21. The molecule has 0 spiro atoms. The fourth-order valence-corrected chi connectivity index (χ4v) is 3.21. The summed E-state index contributed by atoms with van der Waals surface area (Å²) in [5.41, 5.74) is 11.7. The number of rotatable bonds is 7. The number of fused-ring (bicyclic) bond motifs is 1. The van der Waals surface area contributed by atoms with Crippen LogP contribution >= 0.6 is 7.82 Å². The first-order valence-electron chi connectivity index (χ1n) is 8.60. The zero-order valence-electron chi connectivity index (χ0n) is 15.5. The van der Waals surface area contributed by atoms with Crippen LogP contribution < -0.4 is 11.5 Å². The van der Waals surface area contributed by atoms with E-state index in [1.807, 2.05) is 0 Å². The van der Waals surface area contributed by atoms with Crippen LogP contribution in [0.15, 0.2) is 12.7 Å². The van der Waals surface area contributed by atoms with Crippen molar-refractivity contribution in [3.8, 4) is 0 Å². The van der Waals surface area contributed by atoms with Gasteiger partial charge in [-0.1, -0.05) is 0 Å². The second-order valence-electron chi connectivity index (χ2n) is 6.59. The largest absolute Gasteiger partial charge is 0.469 e. The number of phosphoric ester groups is 1. The van der Waals surface area contributed by atoms with Crippen LogP contribution in [0.1, 0.15) is 13.2 Å². The van der Waals surface area contributed by atoms with Gasteiger partial charge in [0.2, 0.25) is 0 Å². The summed E-state index contributed by atoms with van der Waals surface area (Å²) < 4.78 is 27.6. The van der Waals surface area contributed by atoms with Crippen LogP contribution in [0, 0.1) is 0 Å². The number of phosphoric acid groups is 1. The van der Waals surface area contributed by atoms with Gasteiger partial charge in [-0.2, -0.15) is 0 Å². The summed E-state index contributed by atoms with van der Waals surface area (Å²) in [6, 6.07) is -1.42. The number of imidazole rings is 1. The molecule has 0 bridgehead atoms. The first-order chi connectivity index (χ1) is 14.0. The quantitative estimate of drug-likeness (QED) is 0.188. The summed E-state index contributed by atoms with van der Waals surface area (Å²) in [5, 5.41) is 20.2. The summed E-state index contributed by atoms with van der Waals surface area (Å²) in [7, 11) is -4.88. The van der Waals surface area contributed by atoms with Gasteiger partial charge in [0, 0.05) is 0 Å². The Kier molecular flexibility index (Phi) is 6.35. The Morgan fingerprint density at radius 1 is 1.40 bits per heavy atom. The number of nitrogens with two attached hydrogens (primary N) is 2. The number of hydrogen-bond donors (Lipinski definition) is 6. The highest BCUT2D eigenvalue weighted by Gasteiger charge is 2.49. The van der Waals surface area contributed by atoms with Gasteiger partial charge < -0.3 is 40.9 Å². The van der Waals surface area contributed by atoms with Crippen molar-refractivity contribution < 1.29 is 43.4 Å². The molecule has 3 rings (SSSR count). The number of nitrogen functional groups attached to an aromatic ring is 1. The molecule has 2 aromatic heterocycles. The van der Waals surface area contributed by atoms with Gasteiger partial charge in [-0.05, 0) is 6.92 Å². The second kappa shape index (κ2) is 8.49. The van der Waals surface area contributed by atoms with E-state index in [9.17, 15) is 19.6 Å². The van der Waals surface area contributed by atoms with E-state index in [-0.39, 0.29) is 17.0 Å². The van der Waals surface area contributed by atoms with Crippen LogP contribution in [0.4, 0.5) is 5.82 Å². The lowest BCUT2D eigenvalue weighted by Gasteiger charge is -2.23. The Balaban J connectivity index is 1.89. The maximum absolute atomic E-state index is 12.2. The topological polar surface area (TPSA) is 238 Å². The van der Waals surface area contributed by atoms with Crippen LogP contribution in [0.5, 0.6) is 0 Å².